The van der Waals surface area contributed by atoms with Crippen molar-refractivity contribution in [3.63, 3.8) is 0 Å². The van der Waals surface area contributed by atoms with Gasteiger partial charge in [0.15, 0.2) is 23.0 Å². The molecule has 0 bridgehead atoms. The van der Waals surface area contributed by atoms with Gasteiger partial charge in [0.05, 0.1) is 47.3 Å². The minimum Gasteiger partial charge on any atom is -0.493 e. The summed E-state index contributed by atoms with van der Waals surface area (Å²) < 4.78 is 48.1. The molecule has 0 saturated carbocycles. The Kier molecular flexibility index (Phi) is 11.8. The predicted molar refractivity (Wildman–Crippen MR) is 164 cm³/mol. The normalized spacial score (nSPS) is 15.9. The van der Waals surface area contributed by atoms with E-state index in [1.165, 1.54) is 19.2 Å². The number of nitrogens with one attached hydrogen (secondary N) is 1. The topological polar surface area (TPSA) is 108 Å². The molecule has 3 aromatic carbocycles. The summed E-state index contributed by atoms with van der Waals surface area (Å²) in [4.78, 5) is 13.1. The van der Waals surface area contributed by atoms with Gasteiger partial charge in [0.25, 0.3) is 0 Å². The monoisotopic (exact) mass is 630 g/mol. The Morgan fingerprint density at radius 3 is 2.05 bits per heavy atom. The number of hydrogen-bond donors (Lipinski definition) is 2. The molecule has 0 radical (unpaired) electrons. The van der Waals surface area contributed by atoms with Gasteiger partial charge in [0.2, 0.25) is 5.75 Å². The van der Waals surface area contributed by atoms with Crippen molar-refractivity contribution in [3.8, 4) is 28.7 Å². The average Bonchev–Trinajstić information content (AvgIpc) is 3.54. The highest BCUT2D eigenvalue weighted by molar-refractivity contribution is 7.99. The second-order valence-corrected chi connectivity index (χ2v) is 11.2. The van der Waals surface area contributed by atoms with Crippen LogP contribution in [0.4, 0.5) is 9.18 Å². The van der Waals surface area contributed by atoms with E-state index < -0.39 is 6.03 Å². The first-order valence-corrected chi connectivity index (χ1v) is 15.1. The smallest absolute Gasteiger partial charge is 0.341 e. The van der Waals surface area contributed by atoms with E-state index in [1.807, 2.05) is 24.3 Å². The Hall–Kier alpha value is -3.87. The number of rotatable bonds is 14. The van der Waals surface area contributed by atoms with E-state index >= 15 is 0 Å². The van der Waals surface area contributed by atoms with E-state index in [2.05, 4.69) is 5.32 Å². The Morgan fingerprint density at radius 1 is 0.932 bits per heavy atom. The molecule has 3 aromatic rings. The lowest BCUT2D eigenvalue weighted by Crippen LogP contribution is -2.34. The summed E-state index contributed by atoms with van der Waals surface area (Å²) in [6.07, 6.45) is 1.78. The number of ether oxygens (including phenoxy) is 6. The van der Waals surface area contributed by atoms with Gasteiger partial charge in [-0.15, -0.1) is 11.8 Å². The summed E-state index contributed by atoms with van der Waals surface area (Å²) in [6, 6.07) is 13.3. The van der Waals surface area contributed by atoms with Crippen LogP contribution in [-0.4, -0.2) is 64.1 Å². The molecule has 2 atom stereocenters. The summed E-state index contributed by atoms with van der Waals surface area (Å²) in [5.74, 6) is 3.15. The molecule has 0 spiro atoms. The molecule has 2 unspecified atom stereocenters. The number of methoxy groups -OCH3 is 4. The Bertz CT molecular complexity index is 1380. The number of amides is 2. The Morgan fingerprint density at radius 2 is 1.50 bits per heavy atom. The first-order valence-electron chi connectivity index (χ1n) is 14.2. The van der Waals surface area contributed by atoms with Crippen LogP contribution in [0.2, 0.25) is 0 Å². The molecule has 12 heteroatoms. The van der Waals surface area contributed by atoms with Crippen molar-refractivity contribution < 1.29 is 42.8 Å². The van der Waals surface area contributed by atoms with Crippen molar-refractivity contribution >= 4 is 17.8 Å². The van der Waals surface area contributed by atoms with E-state index in [4.69, 9.17) is 28.4 Å². The maximum absolute atomic E-state index is 13.2. The second-order valence-electron chi connectivity index (χ2n) is 10.0. The van der Waals surface area contributed by atoms with E-state index in [0.29, 0.717) is 46.0 Å². The number of carbonyl (C=O) groups is 1. The first-order chi connectivity index (χ1) is 21.3. The lowest BCUT2D eigenvalue weighted by molar-refractivity contribution is -0.0184. The molecule has 4 rings (SSSR count). The van der Waals surface area contributed by atoms with Crippen LogP contribution in [0, 0.1) is 5.82 Å². The summed E-state index contributed by atoms with van der Waals surface area (Å²) in [7, 11) is 7.53. The third kappa shape index (κ3) is 8.19. The molecule has 1 heterocycles. The van der Waals surface area contributed by atoms with E-state index in [0.717, 1.165) is 41.0 Å². The third-order valence-corrected chi connectivity index (χ3v) is 8.26. The van der Waals surface area contributed by atoms with Gasteiger partial charge in [-0.2, -0.15) is 0 Å². The van der Waals surface area contributed by atoms with Crippen LogP contribution in [0.1, 0.15) is 48.2 Å². The molecule has 1 aliphatic heterocycles. The van der Waals surface area contributed by atoms with Crippen LogP contribution in [0.3, 0.4) is 0 Å². The lowest BCUT2D eigenvalue weighted by Gasteiger charge is -2.21. The van der Waals surface area contributed by atoms with Gasteiger partial charge in [0, 0.05) is 29.8 Å². The fourth-order valence-corrected chi connectivity index (χ4v) is 5.80. The van der Waals surface area contributed by atoms with Crippen LogP contribution < -0.4 is 29.0 Å². The van der Waals surface area contributed by atoms with Gasteiger partial charge >= 0.3 is 6.03 Å². The van der Waals surface area contributed by atoms with E-state index in [-0.39, 0.29) is 24.6 Å². The molecular weight excluding hydrogens is 591 g/mol. The fraction of sp³-hybridized carbons (Fsp3) is 0.406. The number of benzene rings is 3. The van der Waals surface area contributed by atoms with Crippen molar-refractivity contribution in [1.82, 2.24) is 10.4 Å². The minimum absolute atomic E-state index is 0.0939. The van der Waals surface area contributed by atoms with Gasteiger partial charge in [-0.1, -0.05) is 0 Å². The zero-order valence-corrected chi connectivity index (χ0v) is 26.4. The molecule has 0 aromatic heterocycles. The van der Waals surface area contributed by atoms with Crippen molar-refractivity contribution in [2.75, 3.05) is 47.8 Å². The van der Waals surface area contributed by atoms with Crippen LogP contribution in [0.25, 0.3) is 0 Å². The number of hydrogen-bond acceptors (Lipinski definition) is 9. The van der Waals surface area contributed by atoms with Crippen LogP contribution in [0.5, 0.6) is 28.7 Å². The van der Waals surface area contributed by atoms with Crippen molar-refractivity contribution in [2.24, 2.45) is 0 Å². The highest BCUT2D eigenvalue weighted by Crippen LogP contribution is 2.47. The number of hydroxylamine groups is 2. The summed E-state index contributed by atoms with van der Waals surface area (Å²) in [5, 5.41) is 12.7. The zero-order chi connectivity index (χ0) is 31.6. The Labute approximate surface area is 261 Å². The minimum atomic E-state index is -0.657. The van der Waals surface area contributed by atoms with Crippen molar-refractivity contribution in [2.45, 2.75) is 42.9 Å². The molecule has 2 amide bonds. The SMILES string of the molecule is COc1cc(C2CCC(c3cc(OC)c(OC)c(OC)c3)O2)cc(CNC(=O)N(C)O)c1OCCCSc1ccc(F)cc1. The number of urea groups is 1. The first kappa shape index (κ1) is 33.0. The van der Waals surface area contributed by atoms with Crippen LogP contribution in [0.15, 0.2) is 53.4 Å². The van der Waals surface area contributed by atoms with E-state index in [1.54, 1.807) is 52.3 Å². The molecular formula is C32H39FN2O8S. The zero-order valence-electron chi connectivity index (χ0n) is 25.6. The van der Waals surface area contributed by atoms with Crippen molar-refractivity contribution in [3.05, 3.63) is 71.0 Å². The molecule has 44 heavy (non-hydrogen) atoms. The van der Waals surface area contributed by atoms with Crippen LogP contribution >= 0.6 is 11.8 Å². The number of halogens is 1. The molecule has 1 fully saturated rings. The quantitative estimate of drug-likeness (QED) is 0.0888. The number of carbonyl (C=O) groups excluding carboxylic acids is 1. The fourth-order valence-electron chi connectivity index (χ4n) is 4.97. The Balaban J connectivity index is 1.51. The summed E-state index contributed by atoms with van der Waals surface area (Å²) in [5.41, 5.74) is 2.46. The molecule has 2 N–H and O–H groups in total. The third-order valence-electron chi connectivity index (χ3n) is 7.17. The van der Waals surface area contributed by atoms with Gasteiger partial charge in [-0.05, 0) is 78.9 Å². The maximum atomic E-state index is 13.2. The molecule has 0 aliphatic carbocycles. The standard InChI is InChI=1S/C32H39FN2O8S/c1-35(37)32(36)34-19-22-15-20(16-27(38-2)30(22)42-13-6-14-44-24-9-7-23(33)8-10-24)25-11-12-26(43-25)21-17-28(39-3)31(41-5)29(18-21)40-4/h7-10,15-18,25-26,37H,6,11-14,19H2,1-5H3,(H,34,36). The molecule has 10 nitrogen and oxygen atoms in total. The average molecular weight is 631 g/mol. The van der Waals surface area contributed by atoms with Gasteiger partial charge < -0.3 is 33.7 Å². The van der Waals surface area contributed by atoms with E-state index in [9.17, 15) is 14.4 Å². The molecule has 238 valence electrons. The van der Waals surface area contributed by atoms with Gasteiger partial charge in [-0.25, -0.2) is 14.2 Å². The molecule has 1 aliphatic rings. The second kappa shape index (κ2) is 15.7. The predicted octanol–water partition coefficient (Wildman–Crippen LogP) is 6.54. The van der Waals surface area contributed by atoms with Gasteiger partial charge in [0.1, 0.15) is 5.82 Å². The highest BCUT2D eigenvalue weighted by atomic mass is 32.2. The number of thioether (sulfide) groups is 1. The van der Waals surface area contributed by atoms with Crippen LogP contribution in [-0.2, 0) is 11.3 Å². The molecule has 1 saturated heterocycles. The van der Waals surface area contributed by atoms with Gasteiger partial charge in [-0.3, -0.25) is 5.21 Å². The summed E-state index contributed by atoms with van der Waals surface area (Å²) in [6.45, 7) is 0.491. The largest absolute Gasteiger partial charge is 0.493 e. The maximum Gasteiger partial charge on any atom is 0.341 e. The number of nitrogens with zero attached hydrogens (tertiary/aromatic N) is 1. The summed E-state index contributed by atoms with van der Waals surface area (Å²) >= 11 is 1.61. The lowest BCUT2D eigenvalue weighted by atomic mass is 10.0. The van der Waals surface area contributed by atoms with Crippen molar-refractivity contribution in [1.29, 1.82) is 0 Å². The highest BCUT2D eigenvalue weighted by Gasteiger charge is 2.31.